The summed E-state index contributed by atoms with van der Waals surface area (Å²) in [5.74, 6) is -3.05. The standard InChI is InChI=1S/C19H16BrFN2O3/c1-9(18(22)25)17-10(2)23(15-8-14(21)16(24)7-13(15)17)19(26)11-3-5-12(20)6-4-11/h3-9,24H,1-2H3,(H2,22,25). The van der Waals surface area contributed by atoms with Gasteiger partial charge in [-0.05, 0) is 49.7 Å². The highest BCUT2D eigenvalue weighted by molar-refractivity contribution is 9.10. The van der Waals surface area contributed by atoms with Gasteiger partial charge in [0.15, 0.2) is 11.6 Å². The second-order valence-electron chi connectivity index (χ2n) is 6.09. The van der Waals surface area contributed by atoms with Gasteiger partial charge in [-0.25, -0.2) is 4.39 Å². The van der Waals surface area contributed by atoms with Gasteiger partial charge in [0.2, 0.25) is 5.91 Å². The quantitative estimate of drug-likeness (QED) is 0.677. The molecule has 0 aliphatic heterocycles. The predicted molar refractivity (Wildman–Crippen MR) is 99.8 cm³/mol. The van der Waals surface area contributed by atoms with E-state index in [0.717, 1.165) is 10.5 Å². The van der Waals surface area contributed by atoms with Gasteiger partial charge in [-0.15, -0.1) is 0 Å². The Kier molecular flexibility index (Phi) is 4.58. The Balaban J connectivity index is 2.33. The first-order valence-corrected chi connectivity index (χ1v) is 8.64. The van der Waals surface area contributed by atoms with E-state index in [2.05, 4.69) is 15.9 Å². The van der Waals surface area contributed by atoms with Crippen LogP contribution in [0.25, 0.3) is 10.9 Å². The minimum Gasteiger partial charge on any atom is -0.505 e. The molecule has 0 radical (unpaired) electrons. The van der Waals surface area contributed by atoms with Crippen molar-refractivity contribution in [2.45, 2.75) is 19.8 Å². The number of aromatic hydroxyl groups is 1. The molecular formula is C19H16BrFN2O3. The lowest BCUT2D eigenvalue weighted by molar-refractivity contribution is -0.119. The molecule has 0 fully saturated rings. The number of nitrogens with two attached hydrogens (primary N) is 1. The molecule has 134 valence electrons. The van der Waals surface area contributed by atoms with Crippen LogP contribution in [0.3, 0.4) is 0 Å². The molecule has 3 aromatic rings. The second-order valence-corrected chi connectivity index (χ2v) is 7.01. The SMILES string of the molecule is Cc1c(C(C)C(N)=O)c2cc(O)c(F)cc2n1C(=O)c1ccc(Br)cc1. The maximum absolute atomic E-state index is 14.0. The zero-order valence-corrected chi connectivity index (χ0v) is 15.7. The molecule has 0 aliphatic rings. The molecule has 1 atom stereocenters. The van der Waals surface area contributed by atoms with Gasteiger partial charge in [0.05, 0.1) is 11.4 Å². The summed E-state index contributed by atoms with van der Waals surface area (Å²) in [5, 5.41) is 10.2. The fourth-order valence-corrected chi connectivity index (χ4v) is 3.38. The number of phenolic OH excluding ortho intramolecular Hbond substituents is 1. The Morgan fingerprint density at radius 3 is 2.42 bits per heavy atom. The number of carbonyl (C=O) groups excluding carboxylic acids is 2. The Morgan fingerprint density at radius 2 is 1.85 bits per heavy atom. The number of rotatable bonds is 3. The van der Waals surface area contributed by atoms with E-state index < -0.39 is 23.4 Å². The molecule has 1 unspecified atom stereocenters. The third-order valence-corrected chi connectivity index (χ3v) is 5.00. The Hall–Kier alpha value is -2.67. The fraction of sp³-hybridized carbons (Fsp3) is 0.158. The molecule has 5 nitrogen and oxygen atoms in total. The van der Waals surface area contributed by atoms with E-state index in [1.807, 2.05) is 0 Å². The molecule has 1 heterocycles. The predicted octanol–water partition coefficient (Wildman–Crippen LogP) is 3.83. The highest BCUT2D eigenvalue weighted by atomic mass is 79.9. The first kappa shape index (κ1) is 18.1. The first-order valence-electron chi connectivity index (χ1n) is 7.85. The van der Waals surface area contributed by atoms with Gasteiger partial charge in [-0.3, -0.25) is 14.2 Å². The van der Waals surface area contributed by atoms with E-state index in [-0.39, 0.29) is 11.4 Å². The van der Waals surface area contributed by atoms with Crippen molar-refractivity contribution in [2.24, 2.45) is 5.73 Å². The van der Waals surface area contributed by atoms with E-state index >= 15 is 0 Å². The third-order valence-electron chi connectivity index (χ3n) is 4.48. The highest BCUT2D eigenvalue weighted by Crippen LogP contribution is 2.35. The Bertz CT molecular complexity index is 1040. The van der Waals surface area contributed by atoms with Crippen LogP contribution in [-0.4, -0.2) is 21.5 Å². The monoisotopic (exact) mass is 418 g/mol. The zero-order chi connectivity index (χ0) is 19.2. The molecule has 1 aromatic heterocycles. The van der Waals surface area contributed by atoms with Gasteiger partial charge in [-0.2, -0.15) is 0 Å². The Labute approximate surface area is 157 Å². The van der Waals surface area contributed by atoms with Crippen molar-refractivity contribution in [1.29, 1.82) is 0 Å². The molecule has 0 spiro atoms. The van der Waals surface area contributed by atoms with E-state index in [1.165, 1.54) is 10.6 Å². The van der Waals surface area contributed by atoms with Gasteiger partial charge < -0.3 is 10.8 Å². The van der Waals surface area contributed by atoms with Gasteiger partial charge >= 0.3 is 0 Å². The van der Waals surface area contributed by atoms with Crippen molar-refractivity contribution in [3.8, 4) is 5.75 Å². The number of hydrogen-bond donors (Lipinski definition) is 2. The number of benzene rings is 2. The maximum Gasteiger partial charge on any atom is 0.262 e. The van der Waals surface area contributed by atoms with Gasteiger partial charge in [0.25, 0.3) is 5.91 Å². The number of aromatic nitrogens is 1. The lowest BCUT2D eigenvalue weighted by Gasteiger charge is -2.10. The number of amides is 1. The summed E-state index contributed by atoms with van der Waals surface area (Å²) in [5.41, 5.74) is 7.08. The van der Waals surface area contributed by atoms with Crippen LogP contribution in [0.5, 0.6) is 5.75 Å². The van der Waals surface area contributed by atoms with Crippen molar-refractivity contribution in [1.82, 2.24) is 4.57 Å². The van der Waals surface area contributed by atoms with Crippen LogP contribution < -0.4 is 5.73 Å². The average molecular weight is 419 g/mol. The number of halogens is 2. The molecule has 0 bridgehead atoms. The molecule has 3 rings (SSSR count). The molecule has 1 amide bonds. The molecule has 0 aliphatic carbocycles. The van der Waals surface area contributed by atoms with Crippen molar-refractivity contribution in [3.63, 3.8) is 0 Å². The van der Waals surface area contributed by atoms with Crippen LogP contribution in [0.15, 0.2) is 40.9 Å². The summed E-state index contributed by atoms with van der Waals surface area (Å²) in [6.45, 7) is 3.28. The average Bonchev–Trinajstić information content (AvgIpc) is 2.85. The normalized spacial score (nSPS) is 12.3. The minimum atomic E-state index is -0.849. The van der Waals surface area contributed by atoms with Crippen LogP contribution in [0.4, 0.5) is 4.39 Å². The van der Waals surface area contributed by atoms with Crippen molar-refractivity contribution < 1.29 is 19.1 Å². The lowest BCUT2D eigenvalue weighted by Crippen LogP contribution is -2.20. The van der Waals surface area contributed by atoms with Gasteiger partial charge in [0.1, 0.15) is 0 Å². The van der Waals surface area contributed by atoms with Crippen LogP contribution >= 0.6 is 15.9 Å². The van der Waals surface area contributed by atoms with E-state index in [9.17, 15) is 19.1 Å². The zero-order valence-electron chi connectivity index (χ0n) is 14.1. The van der Waals surface area contributed by atoms with E-state index in [4.69, 9.17) is 5.73 Å². The van der Waals surface area contributed by atoms with Crippen molar-refractivity contribution in [2.75, 3.05) is 0 Å². The molecule has 2 aromatic carbocycles. The summed E-state index contributed by atoms with van der Waals surface area (Å²) >= 11 is 3.31. The maximum atomic E-state index is 14.0. The smallest absolute Gasteiger partial charge is 0.262 e. The molecule has 0 saturated heterocycles. The molecule has 3 N–H and O–H groups in total. The molecular weight excluding hydrogens is 403 g/mol. The number of nitrogens with zero attached hydrogens (tertiary/aromatic N) is 1. The van der Waals surface area contributed by atoms with Crippen LogP contribution in [-0.2, 0) is 4.79 Å². The van der Waals surface area contributed by atoms with Crippen LogP contribution in [0.1, 0.15) is 34.5 Å². The Morgan fingerprint density at radius 1 is 1.23 bits per heavy atom. The minimum absolute atomic E-state index is 0.272. The lowest BCUT2D eigenvalue weighted by atomic mass is 9.97. The molecule has 7 heteroatoms. The van der Waals surface area contributed by atoms with Crippen LogP contribution in [0.2, 0.25) is 0 Å². The van der Waals surface area contributed by atoms with E-state index in [1.54, 1.807) is 38.1 Å². The summed E-state index contributed by atoms with van der Waals surface area (Å²) in [7, 11) is 0. The fourth-order valence-electron chi connectivity index (χ4n) is 3.12. The molecule has 0 saturated carbocycles. The summed E-state index contributed by atoms with van der Waals surface area (Å²) in [4.78, 5) is 24.8. The van der Waals surface area contributed by atoms with Gasteiger partial charge in [-0.1, -0.05) is 15.9 Å². The number of hydrogen-bond acceptors (Lipinski definition) is 3. The van der Waals surface area contributed by atoms with Crippen molar-refractivity contribution >= 4 is 38.6 Å². The first-order chi connectivity index (χ1) is 12.2. The van der Waals surface area contributed by atoms with Gasteiger partial charge in [0, 0.05) is 27.2 Å². The number of primary amides is 1. The van der Waals surface area contributed by atoms with Crippen molar-refractivity contribution in [3.05, 3.63) is 63.5 Å². The summed E-state index contributed by atoms with van der Waals surface area (Å²) < 4.78 is 16.1. The van der Waals surface area contributed by atoms with Crippen LogP contribution in [0, 0.1) is 12.7 Å². The summed E-state index contributed by atoms with van der Waals surface area (Å²) in [6.07, 6.45) is 0. The summed E-state index contributed by atoms with van der Waals surface area (Å²) in [6, 6.07) is 9.06. The second kappa shape index (κ2) is 6.57. The highest BCUT2D eigenvalue weighted by Gasteiger charge is 2.26. The third kappa shape index (κ3) is 2.88. The number of fused-ring (bicyclic) bond motifs is 1. The largest absolute Gasteiger partial charge is 0.505 e. The molecule has 26 heavy (non-hydrogen) atoms. The topological polar surface area (TPSA) is 85.3 Å². The number of carbonyl (C=O) groups is 2. The number of phenols is 1. The van der Waals surface area contributed by atoms with E-state index in [0.29, 0.717) is 22.2 Å².